The third-order valence-corrected chi connectivity index (χ3v) is 3.12. The van der Waals surface area contributed by atoms with Crippen molar-refractivity contribution in [2.45, 2.75) is 18.9 Å². The van der Waals surface area contributed by atoms with Crippen LogP contribution in [0.1, 0.15) is 23.2 Å². The smallest absolute Gasteiger partial charge is 0.269 e. The molecule has 1 fully saturated rings. The van der Waals surface area contributed by atoms with Gasteiger partial charge in [-0.3, -0.25) is 30.1 Å². The Hall–Kier alpha value is -2.41. The van der Waals surface area contributed by atoms with Gasteiger partial charge in [-0.2, -0.15) is 0 Å². The second-order valence-electron chi connectivity index (χ2n) is 5.38. The van der Waals surface area contributed by atoms with Crippen molar-refractivity contribution in [3.05, 3.63) is 35.9 Å². The zero-order valence-electron chi connectivity index (χ0n) is 12.5. The third kappa shape index (κ3) is 5.53. The lowest BCUT2D eigenvalue weighted by molar-refractivity contribution is -0.125. The first-order valence-corrected chi connectivity index (χ1v) is 7.17. The summed E-state index contributed by atoms with van der Waals surface area (Å²) < 4.78 is 0. The van der Waals surface area contributed by atoms with Crippen LogP contribution in [-0.2, 0) is 9.59 Å². The van der Waals surface area contributed by atoms with E-state index in [1.165, 1.54) is 0 Å². The molecule has 118 valence electrons. The molecule has 3 N–H and O–H groups in total. The average Bonchev–Trinajstić information content (AvgIpc) is 3.29. The largest absolute Gasteiger partial charge is 0.352 e. The number of hydrazine groups is 1. The van der Waals surface area contributed by atoms with Gasteiger partial charge >= 0.3 is 0 Å². The SMILES string of the molecule is CN(CC(=O)NNC(=O)c1ccccc1)CC(=O)NC1CC1. The van der Waals surface area contributed by atoms with E-state index in [9.17, 15) is 14.4 Å². The van der Waals surface area contributed by atoms with Gasteiger partial charge in [-0.25, -0.2) is 0 Å². The molecule has 1 aromatic carbocycles. The summed E-state index contributed by atoms with van der Waals surface area (Å²) in [6.07, 6.45) is 2.06. The lowest BCUT2D eigenvalue weighted by Gasteiger charge is -2.16. The summed E-state index contributed by atoms with van der Waals surface area (Å²) in [5.41, 5.74) is 5.12. The molecule has 7 nitrogen and oxygen atoms in total. The molecule has 0 aliphatic heterocycles. The number of carbonyl (C=O) groups is 3. The minimum Gasteiger partial charge on any atom is -0.352 e. The molecule has 0 aromatic heterocycles. The average molecular weight is 304 g/mol. The molecule has 0 radical (unpaired) electrons. The van der Waals surface area contributed by atoms with Crippen LogP contribution < -0.4 is 16.2 Å². The molecule has 3 amide bonds. The molecule has 1 aliphatic carbocycles. The van der Waals surface area contributed by atoms with Crippen molar-refractivity contribution in [2.75, 3.05) is 20.1 Å². The number of hydrogen-bond donors (Lipinski definition) is 3. The molecule has 1 saturated carbocycles. The lowest BCUT2D eigenvalue weighted by Crippen LogP contribution is -2.47. The first-order chi connectivity index (χ1) is 10.5. The highest BCUT2D eigenvalue weighted by molar-refractivity contribution is 5.95. The number of carbonyl (C=O) groups excluding carboxylic acids is 3. The number of nitrogens with one attached hydrogen (secondary N) is 3. The standard InChI is InChI=1S/C15H20N4O3/c1-19(9-13(20)16-12-7-8-12)10-14(21)17-18-15(22)11-5-3-2-4-6-11/h2-6,12H,7-10H2,1H3,(H,16,20)(H,17,21)(H,18,22). The van der Waals surface area contributed by atoms with Crippen molar-refractivity contribution in [3.8, 4) is 0 Å². The Labute approximate surface area is 129 Å². The van der Waals surface area contributed by atoms with Crippen LogP contribution in [0, 0.1) is 0 Å². The summed E-state index contributed by atoms with van der Waals surface area (Å²) in [7, 11) is 1.67. The quantitative estimate of drug-likeness (QED) is 0.627. The van der Waals surface area contributed by atoms with Gasteiger partial charge in [0.15, 0.2) is 0 Å². The zero-order chi connectivity index (χ0) is 15.9. The van der Waals surface area contributed by atoms with Crippen molar-refractivity contribution >= 4 is 17.7 Å². The summed E-state index contributed by atoms with van der Waals surface area (Å²) >= 11 is 0. The molecule has 1 aromatic rings. The summed E-state index contributed by atoms with van der Waals surface area (Å²) in [5.74, 6) is -0.861. The van der Waals surface area contributed by atoms with Gasteiger partial charge in [-0.05, 0) is 32.0 Å². The molecule has 0 bridgehead atoms. The molecule has 2 rings (SSSR count). The molecule has 0 atom stereocenters. The topological polar surface area (TPSA) is 90.5 Å². The third-order valence-electron chi connectivity index (χ3n) is 3.12. The Kier molecular flexibility index (Phi) is 5.48. The fourth-order valence-electron chi connectivity index (χ4n) is 1.87. The van der Waals surface area contributed by atoms with Crippen molar-refractivity contribution in [1.82, 2.24) is 21.1 Å². The molecular formula is C15H20N4O3. The highest BCUT2D eigenvalue weighted by Gasteiger charge is 2.23. The molecule has 22 heavy (non-hydrogen) atoms. The monoisotopic (exact) mass is 304 g/mol. The zero-order valence-corrected chi connectivity index (χ0v) is 12.5. The number of benzene rings is 1. The molecule has 0 saturated heterocycles. The summed E-state index contributed by atoms with van der Waals surface area (Å²) in [6, 6.07) is 8.88. The number of nitrogens with zero attached hydrogens (tertiary/aromatic N) is 1. The van der Waals surface area contributed by atoms with Crippen LogP contribution in [-0.4, -0.2) is 48.8 Å². The molecule has 1 aliphatic rings. The fourth-order valence-corrected chi connectivity index (χ4v) is 1.87. The van der Waals surface area contributed by atoms with E-state index in [-0.39, 0.29) is 30.8 Å². The predicted octanol–water partition coefficient (Wildman–Crippen LogP) is -0.342. The van der Waals surface area contributed by atoms with E-state index in [0.717, 1.165) is 12.8 Å². The fraction of sp³-hybridized carbons (Fsp3) is 0.400. The van der Waals surface area contributed by atoms with Crippen molar-refractivity contribution in [2.24, 2.45) is 0 Å². The Bertz CT molecular complexity index is 543. The molecule has 7 heteroatoms. The summed E-state index contributed by atoms with van der Waals surface area (Å²) in [6.45, 7) is 0.170. The second-order valence-corrected chi connectivity index (χ2v) is 5.38. The van der Waals surface area contributed by atoms with E-state index >= 15 is 0 Å². The van der Waals surface area contributed by atoms with E-state index in [1.54, 1.807) is 42.3 Å². The minimum atomic E-state index is -0.386. The number of hydrogen-bond acceptors (Lipinski definition) is 4. The van der Waals surface area contributed by atoms with Gasteiger partial charge in [0.25, 0.3) is 11.8 Å². The maximum Gasteiger partial charge on any atom is 0.269 e. The van der Waals surface area contributed by atoms with Crippen LogP contribution in [0.2, 0.25) is 0 Å². The van der Waals surface area contributed by atoms with Crippen LogP contribution >= 0.6 is 0 Å². The van der Waals surface area contributed by atoms with E-state index in [2.05, 4.69) is 16.2 Å². The van der Waals surface area contributed by atoms with Gasteiger partial charge in [-0.1, -0.05) is 18.2 Å². The first kappa shape index (κ1) is 16.0. The van der Waals surface area contributed by atoms with Gasteiger partial charge in [0.2, 0.25) is 5.91 Å². The van der Waals surface area contributed by atoms with Crippen LogP contribution in [0.4, 0.5) is 0 Å². The normalized spacial score (nSPS) is 13.5. The highest BCUT2D eigenvalue weighted by Crippen LogP contribution is 2.18. The summed E-state index contributed by atoms with van der Waals surface area (Å²) in [4.78, 5) is 36.6. The van der Waals surface area contributed by atoms with Crippen molar-refractivity contribution in [3.63, 3.8) is 0 Å². The Morgan fingerprint density at radius 1 is 1.05 bits per heavy atom. The Morgan fingerprint density at radius 2 is 1.68 bits per heavy atom. The predicted molar refractivity (Wildman–Crippen MR) is 80.7 cm³/mol. The van der Waals surface area contributed by atoms with Crippen LogP contribution in [0.15, 0.2) is 30.3 Å². The number of rotatable bonds is 6. The van der Waals surface area contributed by atoms with E-state index in [1.807, 2.05) is 0 Å². The van der Waals surface area contributed by atoms with Gasteiger partial charge < -0.3 is 5.32 Å². The van der Waals surface area contributed by atoms with Crippen LogP contribution in [0.3, 0.4) is 0 Å². The van der Waals surface area contributed by atoms with Gasteiger partial charge in [0.1, 0.15) is 0 Å². The van der Waals surface area contributed by atoms with Crippen molar-refractivity contribution < 1.29 is 14.4 Å². The van der Waals surface area contributed by atoms with Gasteiger partial charge in [-0.15, -0.1) is 0 Å². The number of amides is 3. The number of likely N-dealkylation sites (N-methyl/N-ethyl adjacent to an activating group) is 1. The highest BCUT2D eigenvalue weighted by atomic mass is 16.2. The van der Waals surface area contributed by atoms with E-state index in [0.29, 0.717) is 11.6 Å². The second kappa shape index (κ2) is 7.56. The maximum absolute atomic E-state index is 11.7. The molecular weight excluding hydrogens is 284 g/mol. The van der Waals surface area contributed by atoms with Crippen LogP contribution in [0.5, 0.6) is 0 Å². The Morgan fingerprint density at radius 3 is 2.32 bits per heavy atom. The lowest BCUT2D eigenvalue weighted by atomic mass is 10.2. The van der Waals surface area contributed by atoms with E-state index in [4.69, 9.17) is 0 Å². The van der Waals surface area contributed by atoms with Crippen molar-refractivity contribution in [1.29, 1.82) is 0 Å². The molecule has 0 heterocycles. The first-order valence-electron chi connectivity index (χ1n) is 7.17. The van der Waals surface area contributed by atoms with Crippen LogP contribution in [0.25, 0.3) is 0 Å². The molecule has 0 spiro atoms. The molecule has 0 unspecified atom stereocenters. The van der Waals surface area contributed by atoms with Gasteiger partial charge in [0.05, 0.1) is 13.1 Å². The van der Waals surface area contributed by atoms with E-state index < -0.39 is 0 Å². The minimum absolute atomic E-state index is 0.0210. The Balaban J connectivity index is 1.66. The summed E-state index contributed by atoms with van der Waals surface area (Å²) in [5, 5.41) is 2.85. The maximum atomic E-state index is 11.7. The van der Waals surface area contributed by atoms with Gasteiger partial charge in [0, 0.05) is 11.6 Å².